The number of benzene rings is 1. The number of thiophene rings is 1. The molecule has 2 aromatic rings. The van der Waals surface area contributed by atoms with E-state index in [0.717, 1.165) is 10.1 Å². The zero-order chi connectivity index (χ0) is 12.4. The molecule has 90 valence electrons. The van der Waals surface area contributed by atoms with Crippen LogP contribution < -0.4 is 4.74 Å². The summed E-state index contributed by atoms with van der Waals surface area (Å²) >= 11 is 1.40. The van der Waals surface area contributed by atoms with Gasteiger partial charge in [0.1, 0.15) is 0 Å². The van der Waals surface area contributed by atoms with E-state index >= 15 is 0 Å². The second-order valence-electron chi connectivity index (χ2n) is 3.91. The molecule has 4 heteroatoms. The van der Waals surface area contributed by atoms with Crippen LogP contribution in [0.25, 0.3) is 10.1 Å². The SMILES string of the molecule is COC(=O)c1sc2ccccc2c1OC(C)C. The summed E-state index contributed by atoms with van der Waals surface area (Å²) < 4.78 is 11.5. The number of rotatable bonds is 3. The number of fused-ring (bicyclic) bond motifs is 1. The van der Waals surface area contributed by atoms with Crippen molar-refractivity contribution in [2.75, 3.05) is 7.11 Å². The first kappa shape index (κ1) is 11.9. The highest BCUT2D eigenvalue weighted by atomic mass is 32.1. The molecule has 0 fully saturated rings. The minimum absolute atomic E-state index is 0.0245. The molecule has 0 saturated carbocycles. The van der Waals surface area contributed by atoms with Crippen LogP contribution >= 0.6 is 11.3 Å². The third-order valence-corrected chi connectivity index (χ3v) is 3.41. The second kappa shape index (κ2) is 4.75. The first-order valence-electron chi connectivity index (χ1n) is 5.40. The van der Waals surface area contributed by atoms with Gasteiger partial charge >= 0.3 is 5.97 Å². The Morgan fingerprint density at radius 3 is 2.65 bits per heavy atom. The van der Waals surface area contributed by atoms with E-state index < -0.39 is 0 Å². The van der Waals surface area contributed by atoms with E-state index in [1.165, 1.54) is 18.4 Å². The predicted octanol–water partition coefficient (Wildman–Crippen LogP) is 3.48. The van der Waals surface area contributed by atoms with Crippen LogP contribution in [0.5, 0.6) is 5.75 Å². The lowest BCUT2D eigenvalue weighted by Crippen LogP contribution is -2.09. The fraction of sp³-hybridized carbons (Fsp3) is 0.308. The van der Waals surface area contributed by atoms with Crippen molar-refractivity contribution >= 4 is 27.4 Å². The van der Waals surface area contributed by atoms with Crippen LogP contribution in [0.1, 0.15) is 23.5 Å². The minimum Gasteiger partial charge on any atom is -0.489 e. The van der Waals surface area contributed by atoms with Gasteiger partial charge in [0.05, 0.1) is 13.2 Å². The Hall–Kier alpha value is -1.55. The zero-order valence-corrected chi connectivity index (χ0v) is 10.8. The van der Waals surface area contributed by atoms with Crippen LogP contribution in [-0.4, -0.2) is 19.2 Å². The number of carbonyl (C=O) groups is 1. The van der Waals surface area contributed by atoms with Gasteiger partial charge in [0, 0.05) is 10.1 Å². The van der Waals surface area contributed by atoms with Gasteiger partial charge in [0.2, 0.25) is 0 Å². The van der Waals surface area contributed by atoms with Gasteiger partial charge in [-0.05, 0) is 26.0 Å². The maximum atomic E-state index is 11.7. The summed E-state index contributed by atoms with van der Waals surface area (Å²) in [5.41, 5.74) is 0. The van der Waals surface area contributed by atoms with Crippen LogP contribution in [0, 0.1) is 0 Å². The minimum atomic E-state index is -0.346. The van der Waals surface area contributed by atoms with Gasteiger partial charge < -0.3 is 9.47 Å². The first-order valence-corrected chi connectivity index (χ1v) is 6.21. The van der Waals surface area contributed by atoms with Crippen molar-refractivity contribution in [2.24, 2.45) is 0 Å². The normalized spacial score (nSPS) is 10.8. The summed E-state index contributed by atoms with van der Waals surface area (Å²) in [4.78, 5) is 12.2. The molecule has 3 nitrogen and oxygen atoms in total. The molecule has 0 bridgehead atoms. The number of hydrogen-bond donors (Lipinski definition) is 0. The van der Waals surface area contributed by atoms with E-state index in [2.05, 4.69) is 0 Å². The molecule has 0 aliphatic heterocycles. The molecule has 0 atom stereocenters. The van der Waals surface area contributed by atoms with Crippen molar-refractivity contribution in [2.45, 2.75) is 20.0 Å². The Morgan fingerprint density at radius 1 is 1.29 bits per heavy atom. The van der Waals surface area contributed by atoms with Gasteiger partial charge in [-0.15, -0.1) is 11.3 Å². The van der Waals surface area contributed by atoms with Crippen molar-refractivity contribution in [3.63, 3.8) is 0 Å². The summed E-state index contributed by atoms with van der Waals surface area (Å²) in [6, 6.07) is 7.80. The van der Waals surface area contributed by atoms with Crippen molar-refractivity contribution in [1.29, 1.82) is 0 Å². The monoisotopic (exact) mass is 250 g/mol. The molecule has 0 saturated heterocycles. The van der Waals surface area contributed by atoms with Crippen LogP contribution in [0.15, 0.2) is 24.3 Å². The molecule has 2 rings (SSSR count). The van der Waals surface area contributed by atoms with E-state index in [0.29, 0.717) is 10.6 Å². The lowest BCUT2D eigenvalue weighted by atomic mass is 10.2. The van der Waals surface area contributed by atoms with Crippen LogP contribution in [-0.2, 0) is 4.74 Å². The predicted molar refractivity (Wildman–Crippen MR) is 68.9 cm³/mol. The van der Waals surface area contributed by atoms with E-state index in [1.807, 2.05) is 38.1 Å². The molecule has 17 heavy (non-hydrogen) atoms. The molecule has 0 aliphatic rings. The maximum absolute atomic E-state index is 11.7. The summed E-state index contributed by atoms with van der Waals surface area (Å²) in [5, 5.41) is 0.964. The van der Waals surface area contributed by atoms with Gasteiger partial charge in [0.15, 0.2) is 10.6 Å². The van der Waals surface area contributed by atoms with E-state index in [-0.39, 0.29) is 12.1 Å². The summed E-state index contributed by atoms with van der Waals surface area (Å²) in [6.45, 7) is 3.88. The Morgan fingerprint density at radius 2 is 2.00 bits per heavy atom. The molecular weight excluding hydrogens is 236 g/mol. The van der Waals surface area contributed by atoms with Crippen molar-refractivity contribution in [1.82, 2.24) is 0 Å². The highest BCUT2D eigenvalue weighted by Gasteiger charge is 2.20. The molecule has 1 aromatic carbocycles. The molecule has 0 radical (unpaired) electrons. The smallest absolute Gasteiger partial charge is 0.351 e. The van der Waals surface area contributed by atoms with Gasteiger partial charge in [-0.2, -0.15) is 0 Å². The number of carbonyl (C=O) groups excluding carboxylic acids is 1. The number of esters is 1. The Balaban J connectivity index is 2.60. The number of hydrogen-bond acceptors (Lipinski definition) is 4. The standard InChI is InChI=1S/C13H14O3S/c1-8(2)16-11-9-6-4-5-7-10(9)17-12(11)13(14)15-3/h4-8H,1-3H3. The third kappa shape index (κ3) is 2.26. The van der Waals surface area contributed by atoms with E-state index in [1.54, 1.807) is 0 Å². The number of methoxy groups -OCH3 is 1. The molecule has 0 spiro atoms. The summed E-state index contributed by atoms with van der Waals surface area (Å²) in [5.74, 6) is 0.286. The van der Waals surface area contributed by atoms with E-state index in [9.17, 15) is 4.79 Å². The lowest BCUT2D eigenvalue weighted by molar-refractivity contribution is 0.0601. The first-order chi connectivity index (χ1) is 8.13. The molecule has 0 aliphatic carbocycles. The van der Waals surface area contributed by atoms with Crippen molar-refractivity contribution in [3.8, 4) is 5.75 Å². The second-order valence-corrected chi connectivity index (χ2v) is 4.97. The fourth-order valence-electron chi connectivity index (χ4n) is 1.60. The number of ether oxygens (including phenoxy) is 2. The Kier molecular flexibility index (Phi) is 3.33. The van der Waals surface area contributed by atoms with Gasteiger partial charge in [-0.3, -0.25) is 0 Å². The highest BCUT2D eigenvalue weighted by Crippen LogP contribution is 2.38. The quantitative estimate of drug-likeness (QED) is 0.782. The van der Waals surface area contributed by atoms with Gasteiger partial charge in [-0.25, -0.2) is 4.79 Å². The summed E-state index contributed by atoms with van der Waals surface area (Å²) in [7, 11) is 1.38. The lowest BCUT2D eigenvalue weighted by Gasteiger charge is -2.10. The average molecular weight is 250 g/mol. The Bertz CT molecular complexity index is 543. The Labute approximate surface area is 104 Å². The van der Waals surface area contributed by atoms with Crippen molar-refractivity contribution < 1.29 is 14.3 Å². The molecule has 1 heterocycles. The molecule has 0 N–H and O–H groups in total. The molecule has 0 amide bonds. The highest BCUT2D eigenvalue weighted by molar-refractivity contribution is 7.21. The maximum Gasteiger partial charge on any atom is 0.351 e. The average Bonchev–Trinajstić information content (AvgIpc) is 2.67. The molecule has 0 unspecified atom stereocenters. The van der Waals surface area contributed by atoms with Crippen LogP contribution in [0.3, 0.4) is 0 Å². The van der Waals surface area contributed by atoms with Gasteiger partial charge in [0.25, 0.3) is 0 Å². The zero-order valence-electron chi connectivity index (χ0n) is 10.0. The largest absolute Gasteiger partial charge is 0.489 e. The summed E-state index contributed by atoms with van der Waals surface area (Å²) in [6.07, 6.45) is 0.0245. The topological polar surface area (TPSA) is 35.5 Å². The third-order valence-electron chi connectivity index (χ3n) is 2.27. The fourth-order valence-corrected chi connectivity index (χ4v) is 2.66. The van der Waals surface area contributed by atoms with Gasteiger partial charge in [-0.1, -0.05) is 12.1 Å². The molecular formula is C13H14O3S. The molecule has 1 aromatic heterocycles. The van der Waals surface area contributed by atoms with Crippen LogP contribution in [0.4, 0.5) is 0 Å². The van der Waals surface area contributed by atoms with E-state index in [4.69, 9.17) is 9.47 Å². The van der Waals surface area contributed by atoms with Crippen LogP contribution in [0.2, 0.25) is 0 Å². The van der Waals surface area contributed by atoms with Crippen molar-refractivity contribution in [3.05, 3.63) is 29.1 Å².